The first-order valence-electron chi connectivity index (χ1n) is 4.51. The Labute approximate surface area is 84.7 Å². The summed E-state index contributed by atoms with van der Waals surface area (Å²) in [5.74, 6) is 0.0697. The topological polar surface area (TPSA) is 20.2 Å². The van der Waals surface area contributed by atoms with Gasteiger partial charge in [0.1, 0.15) is 5.76 Å². The van der Waals surface area contributed by atoms with Crippen molar-refractivity contribution in [1.82, 2.24) is 0 Å². The van der Waals surface area contributed by atoms with E-state index in [2.05, 4.69) is 6.58 Å². The van der Waals surface area contributed by atoms with E-state index in [0.717, 1.165) is 11.1 Å². The lowest BCUT2D eigenvalue weighted by atomic mass is 10.1. The van der Waals surface area contributed by atoms with Crippen LogP contribution in [0.5, 0.6) is 0 Å². The summed E-state index contributed by atoms with van der Waals surface area (Å²) in [7, 11) is 0. The molecule has 1 heteroatoms. The highest BCUT2D eigenvalue weighted by atomic mass is 16.3. The lowest BCUT2D eigenvalue weighted by Crippen LogP contribution is -1.79. The Balaban J connectivity index is 2.90. The molecule has 72 valence electrons. The standard InChI is InChI=1S/C13H14O/c1-3-12(10-9-11(2)14)13-7-5-4-6-8-13/h3-10,14H,2H2,1H3/b10-9-,12-3+. The molecule has 1 aromatic rings. The molecule has 0 aliphatic rings. The van der Waals surface area contributed by atoms with Crippen molar-refractivity contribution < 1.29 is 5.11 Å². The molecule has 0 saturated heterocycles. The van der Waals surface area contributed by atoms with Gasteiger partial charge in [0.15, 0.2) is 0 Å². The third-order valence-corrected chi connectivity index (χ3v) is 1.87. The first-order valence-corrected chi connectivity index (χ1v) is 4.51. The van der Waals surface area contributed by atoms with E-state index in [1.807, 2.05) is 49.4 Å². The van der Waals surface area contributed by atoms with Crippen LogP contribution in [0.15, 0.2) is 60.9 Å². The summed E-state index contributed by atoms with van der Waals surface area (Å²) in [6, 6.07) is 10.0. The van der Waals surface area contributed by atoms with Crippen LogP contribution in [0, 0.1) is 0 Å². The number of allylic oxidation sites excluding steroid dienone is 4. The van der Waals surface area contributed by atoms with Crippen molar-refractivity contribution in [2.45, 2.75) is 6.92 Å². The van der Waals surface area contributed by atoms with Crippen molar-refractivity contribution in [1.29, 1.82) is 0 Å². The van der Waals surface area contributed by atoms with Gasteiger partial charge in [-0.05, 0) is 24.1 Å². The molecule has 1 aromatic carbocycles. The first-order chi connectivity index (χ1) is 6.74. The zero-order valence-corrected chi connectivity index (χ0v) is 8.27. The van der Waals surface area contributed by atoms with Crippen molar-refractivity contribution in [2.24, 2.45) is 0 Å². The minimum absolute atomic E-state index is 0.0697. The van der Waals surface area contributed by atoms with Gasteiger partial charge in [-0.3, -0.25) is 0 Å². The quantitative estimate of drug-likeness (QED) is 0.563. The molecule has 0 unspecified atom stereocenters. The van der Waals surface area contributed by atoms with Crippen molar-refractivity contribution in [3.05, 3.63) is 66.5 Å². The molecule has 0 aliphatic heterocycles. The molecule has 0 aliphatic carbocycles. The van der Waals surface area contributed by atoms with Gasteiger partial charge >= 0.3 is 0 Å². The number of aliphatic hydroxyl groups is 1. The molecule has 1 rings (SSSR count). The summed E-state index contributed by atoms with van der Waals surface area (Å²) in [6.45, 7) is 5.36. The van der Waals surface area contributed by atoms with E-state index in [1.54, 1.807) is 6.08 Å². The summed E-state index contributed by atoms with van der Waals surface area (Å²) >= 11 is 0. The number of hydrogen-bond acceptors (Lipinski definition) is 1. The largest absolute Gasteiger partial charge is 0.509 e. The molecule has 0 radical (unpaired) electrons. The summed E-state index contributed by atoms with van der Waals surface area (Å²) in [5, 5.41) is 8.94. The van der Waals surface area contributed by atoms with Gasteiger partial charge in [0.25, 0.3) is 0 Å². The third kappa shape index (κ3) is 2.94. The lowest BCUT2D eigenvalue weighted by Gasteiger charge is -2.00. The Morgan fingerprint density at radius 3 is 2.36 bits per heavy atom. The van der Waals surface area contributed by atoms with Gasteiger partial charge < -0.3 is 5.11 Å². The molecule has 1 N–H and O–H groups in total. The molecule has 0 fully saturated rings. The number of benzene rings is 1. The molecule has 0 spiro atoms. The number of aliphatic hydroxyl groups excluding tert-OH is 1. The third-order valence-electron chi connectivity index (χ3n) is 1.87. The Hall–Kier alpha value is -1.76. The summed E-state index contributed by atoms with van der Waals surface area (Å²) in [4.78, 5) is 0. The van der Waals surface area contributed by atoms with Crippen molar-refractivity contribution in [3.63, 3.8) is 0 Å². The Morgan fingerprint density at radius 2 is 1.86 bits per heavy atom. The fourth-order valence-electron chi connectivity index (χ4n) is 1.18. The van der Waals surface area contributed by atoms with E-state index in [9.17, 15) is 0 Å². The highest BCUT2D eigenvalue weighted by Gasteiger charge is 1.94. The molecule has 0 aromatic heterocycles. The van der Waals surface area contributed by atoms with E-state index >= 15 is 0 Å². The minimum atomic E-state index is 0.0697. The molecule has 1 nitrogen and oxygen atoms in total. The van der Waals surface area contributed by atoms with Crippen LogP contribution in [-0.4, -0.2) is 5.11 Å². The van der Waals surface area contributed by atoms with Gasteiger partial charge in [-0.15, -0.1) is 0 Å². The second-order valence-electron chi connectivity index (χ2n) is 2.93. The molecule has 0 heterocycles. The Bertz CT molecular complexity index is 358. The fraction of sp³-hybridized carbons (Fsp3) is 0.0769. The molecule has 0 amide bonds. The minimum Gasteiger partial charge on any atom is -0.509 e. The van der Waals surface area contributed by atoms with Crippen LogP contribution < -0.4 is 0 Å². The predicted molar refractivity (Wildman–Crippen MR) is 61.0 cm³/mol. The number of hydrogen-bond donors (Lipinski definition) is 1. The van der Waals surface area contributed by atoms with Crippen LogP contribution in [0.25, 0.3) is 5.57 Å². The Morgan fingerprint density at radius 1 is 1.21 bits per heavy atom. The molecule has 14 heavy (non-hydrogen) atoms. The van der Waals surface area contributed by atoms with E-state index in [-0.39, 0.29) is 5.76 Å². The first kappa shape index (κ1) is 10.3. The summed E-state index contributed by atoms with van der Waals surface area (Å²) < 4.78 is 0. The zero-order valence-electron chi connectivity index (χ0n) is 8.27. The predicted octanol–water partition coefficient (Wildman–Crippen LogP) is 3.72. The van der Waals surface area contributed by atoms with Crippen LogP contribution >= 0.6 is 0 Å². The maximum absolute atomic E-state index is 8.94. The highest BCUT2D eigenvalue weighted by Crippen LogP contribution is 2.15. The molecule has 0 bridgehead atoms. The lowest BCUT2D eigenvalue weighted by molar-refractivity contribution is 0.435. The van der Waals surface area contributed by atoms with E-state index < -0.39 is 0 Å². The van der Waals surface area contributed by atoms with Crippen molar-refractivity contribution >= 4 is 5.57 Å². The molecule has 0 atom stereocenters. The van der Waals surface area contributed by atoms with Crippen LogP contribution in [0.1, 0.15) is 12.5 Å². The van der Waals surface area contributed by atoms with Crippen molar-refractivity contribution in [3.8, 4) is 0 Å². The average molecular weight is 186 g/mol. The number of rotatable bonds is 3. The summed E-state index contributed by atoms with van der Waals surface area (Å²) in [6.07, 6.45) is 5.43. The molecular weight excluding hydrogens is 172 g/mol. The van der Waals surface area contributed by atoms with Crippen LogP contribution in [0.2, 0.25) is 0 Å². The molecule has 0 saturated carbocycles. The van der Waals surface area contributed by atoms with Gasteiger partial charge in [-0.2, -0.15) is 0 Å². The second-order valence-corrected chi connectivity index (χ2v) is 2.93. The maximum atomic E-state index is 8.94. The fourth-order valence-corrected chi connectivity index (χ4v) is 1.18. The average Bonchev–Trinajstić information content (AvgIpc) is 2.20. The van der Waals surface area contributed by atoms with E-state index in [0.29, 0.717) is 0 Å². The highest BCUT2D eigenvalue weighted by molar-refractivity contribution is 5.73. The monoisotopic (exact) mass is 186 g/mol. The summed E-state index contributed by atoms with van der Waals surface area (Å²) in [5.41, 5.74) is 2.20. The Kier molecular flexibility index (Phi) is 3.74. The van der Waals surface area contributed by atoms with Gasteiger partial charge in [0, 0.05) is 0 Å². The maximum Gasteiger partial charge on any atom is 0.108 e. The van der Waals surface area contributed by atoms with Crippen LogP contribution in [0.4, 0.5) is 0 Å². The van der Waals surface area contributed by atoms with Gasteiger partial charge in [-0.1, -0.05) is 49.1 Å². The molecular formula is C13H14O. The van der Waals surface area contributed by atoms with Gasteiger partial charge in [-0.25, -0.2) is 0 Å². The van der Waals surface area contributed by atoms with E-state index in [1.165, 1.54) is 0 Å². The second kappa shape index (κ2) is 5.07. The van der Waals surface area contributed by atoms with Crippen LogP contribution in [-0.2, 0) is 0 Å². The normalized spacial score (nSPS) is 11.9. The SMILES string of the molecule is C=C(O)/C=C\C(=C/C)c1ccccc1. The van der Waals surface area contributed by atoms with E-state index in [4.69, 9.17) is 5.11 Å². The smallest absolute Gasteiger partial charge is 0.108 e. The van der Waals surface area contributed by atoms with Crippen molar-refractivity contribution in [2.75, 3.05) is 0 Å². The van der Waals surface area contributed by atoms with Crippen LogP contribution in [0.3, 0.4) is 0 Å². The zero-order chi connectivity index (χ0) is 10.4. The van der Waals surface area contributed by atoms with Gasteiger partial charge in [0.2, 0.25) is 0 Å². The van der Waals surface area contributed by atoms with Gasteiger partial charge in [0.05, 0.1) is 0 Å².